The van der Waals surface area contributed by atoms with Gasteiger partial charge in [-0.1, -0.05) is 18.6 Å². The summed E-state index contributed by atoms with van der Waals surface area (Å²) < 4.78 is 44.7. The highest BCUT2D eigenvalue weighted by molar-refractivity contribution is 7.88. The molecule has 1 saturated carbocycles. The average Bonchev–Trinajstić information content (AvgIpc) is 2.35. The maximum atomic E-state index is 12.8. The summed E-state index contributed by atoms with van der Waals surface area (Å²) in [5.74, 6) is -0.497. The summed E-state index contributed by atoms with van der Waals surface area (Å²) in [6.45, 7) is 0.983. The van der Waals surface area contributed by atoms with Crippen molar-refractivity contribution < 1.29 is 17.5 Å². The molecule has 0 aliphatic heterocycles. The molecule has 0 amide bonds. The lowest BCUT2D eigenvalue weighted by molar-refractivity contribution is 0.0220. The van der Waals surface area contributed by atoms with Crippen molar-refractivity contribution in [2.75, 3.05) is 20.3 Å². The first kappa shape index (κ1) is 15.4. The lowest BCUT2D eigenvalue weighted by Gasteiger charge is -2.41. The van der Waals surface area contributed by atoms with E-state index in [4.69, 9.17) is 4.74 Å². The molecule has 20 heavy (non-hydrogen) atoms. The lowest BCUT2D eigenvalue weighted by atomic mass is 9.69. The minimum absolute atomic E-state index is 0.0510. The number of methoxy groups -OCH3 is 1. The smallest absolute Gasteiger partial charge is 0.215 e. The molecular weight excluding hydrogens is 281 g/mol. The normalized spacial score (nSPS) is 17.7. The van der Waals surface area contributed by atoms with Crippen molar-refractivity contribution in [2.24, 2.45) is 5.41 Å². The van der Waals surface area contributed by atoms with Crippen LogP contribution in [0.1, 0.15) is 24.8 Å². The third-order valence-corrected chi connectivity index (χ3v) is 5.10. The van der Waals surface area contributed by atoms with Crippen molar-refractivity contribution in [3.63, 3.8) is 0 Å². The van der Waals surface area contributed by atoms with E-state index in [1.807, 2.05) is 0 Å². The van der Waals surface area contributed by atoms with Crippen molar-refractivity contribution in [3.05, 3.63) is 35.6 Å². The first-order valence-electron chi connectivity index (χ1n) is 6.65. The van der Waals surface area contributed by atoms with Gasteiger partial charge in [0.05, 0.1) is 12.4 Å². The Morgan fingerprint density at radius 1 is 1.30 bits per heavy atom. The Hall–Kier alpha value is -0.980. The minimum Gasteiger partial charge on any atom is -0.384 e. The number of hydrogen-bond donors (Lipinski definition) is 1. The summed E-state index contributed by atoms with van der Waals surface area (Å²) in [5.41, 5.74) is 0.526. The van der Waals surface area contributed by atoms with Gasteiger partial charge < -0.3 is 4.74 Å². The summed E-state index contributed by atoms with van der Waals surface area (Å²) in [4.78, 5) is 0. The fourth-order valence-corrected chi connectivity index (χ4v) is 3.73. The van der Waals surface area contributed by atoms with Crippen LogP contribution in [0.5, 0.6) is 0 Å². The zero-order valence-electron chi connectivity index (χ0n) is 11.6. The van der Waals surface area contributed by atoms with Gasteiger partial charge in [0.25, 0.3) is 0 Å². The summed E-state index contributed by atoms with van der Waals surface area (Å²) >= 11 is 0. The maximum absolute atomic E-state index is 12.8. The second-order valence-corrected chi connectivity index (χ2v) is 7.30. The van der Waals surface area contributed by atoms with Gasteiger partial charge in [-0.3, -0.25) is 0 Å². The summed E-state index contributed by atoms with van der Waals surface area (Å²) in [7, 11) is -1.77. The van der Waals surface area contributed by atoms with E-state index in [0.29, 0.717) is 18.7 Å². The van der Waals surface area contributed by atoms with Crippen LogP contribution in [0.3, 0.4) is 0 Å². The van der Waals surface area contributed by atoms with Gasteiger partial charge in [0.1, 0.15) is 5.82 Å². The van der Waals surface area contributed by atoms with Crippen LogP contribution in [0.15, 0.2) is 24.3 Å². The number of benzene rings is 1. The highest BCUT2D eigenvalue weighted by Crippen LogP contribution is 2.40. The van der Waals surface area contributed by atoms with E-state index in [-0.39, 0.29) is 17.0 Å². The topological polar surface area (TPSA) is 55.4 Å². The zero-order valence-corrected chi connectivity index (χ0v) is 12.4. The molecule has 6 heteroatoms. The van der Waals surface area contributed by atoms with Crippen LogP contribution in [-0.4, -0.2) is 28.7 Å². The molecule has 112 valence electrons. The molecule has 0 saturated heterocycles. The average molecular weight is 301 g/mol. The molecule has 0 heterocycles. The van der Waals surface area contributed by atoms with E-state index in [2.05, 4.69) is 4.72 Å². The molecule has 0 aromatic heterocycles. The Bertz CT molecular complexity index is 538. The molecule has 1 fully saturated rings. The van der Waals surface area contributed by atoms with Gasteiger partial charge in [0.2, 0.25) is 10.0 Å². The molecule has 1 N–H and O–H groups in total. The largest absolute Gasteiger partial charge is 0.384 e. The van der Waals surface area contributed by atoms with Crippen molar-refractivity contribution in [1.29, 1.82) is 0 Å². The van der Waals surface area contributed by atoms with E-state index in [0.717, 1.165) is 19.3 Å². The molecule has 0 unspecified atom stereocenters. The molecular formula is C14H20FNO3S. The highest BCUT2D eigenvalue weighted by Gasteiger charge is 2.37. The third kappa shape index (κ3) is 4.01. The van der Waals surface area contributed by atoms with E-state index in [1.54, 1.807) is 7.11 Å². The number of ether oxygens (including phenoxy) is 1. The van der Waals surface area contributed by atoms with Crippen LogP contribution in [0.2, 0.25) is 0 Å². The van der Waals surface area contributed by atoms with Crippen molar-refractivity contribution in [3.8, 4) is 0 Å². The van der Waals surface area contributed by atoms with Crippen LogP contribution >= 0.6 is 0 Å². The molecule has 1 aliphatic rings. The van der Waals surface area contributed by atoms with E-state index < -0.39 is 10.0 Å². The number of sulfonamides is 1. The van der Waals surface area contributed by atoms with Gasteiger partial charge in [-0.15, -0.1) is 0 Å². The number of halogens is 1. The Morgan fingerprint density at radius 3 is 2.45 bits per heavy atom. The molecule has 0 atom stereocenters. The highest BCUT2D eigenvalue weighted by atomic mass is 32.2. The van der Waals surface area contributed by atoms with Gasteiger partial charge in [-0.2, -0.15) is 0 Å². The minimum atomic E-state index is -3.40. The molecule has 0 bridgehead atoms. The quantitative estimate of drug-likeness (QED) is 0.839. The van der Waals surface area contributed by atoms with E-state index >= 15 is 0 Å². The van der Waals surface area contributed by atoms with Gasteiger partial charge in [0.15, 0.2) is 0 Å². The van der Waals surface area contributed by atoms with Crippen LogP contribution in [-0.2, 0) is 20.5 Å². The maximum Gasteiger partial charge on any atom is 0.215 e. The van der Waals surface area contributed by atoms with Gasteiger partial charge in [-0.05, 0) is 30.5 Å². The third-order valence-electron chi connectivity index (χ3n) is 3.80. The van der Waals surface area contributed by atoms with Gasteiger partial charge in [0, 0.05) is 19.1 Å². The molecule has 4 nitrogen and oxygen atoms in total. The van der Waals surface area contributed by atoms with Crippen LogP contribution in [0.25, 0.3) is 0 Å². The predicted octanol–water partition coefficient (Wildman–Crippen LogP) is 2.06. The Labute approximate surface area is 119 Å². The Morgan fingerprint density at radius 2 is 1.95 bits per heavy atom. The summed E-state index contributed by atoms with van der Waals surface area (Å²) in [5, 5.41) is 0. The SMILES string of the molecule is COCC1(CNS(=O)(=O)Cc2ccc(F)cc2)CCC1. The number of nitrogens with one attached hydrogen (secondary N) is 1. The van der Waals surface area contributed by atoms with Gasteiger partial charge >= 0.3 is 0 Å². The number of hydrogen-bond acceptors (Lipinski definition) is 3. The molecule has 1 aromatic carbocycles. The van der Waals surface area contributed by atoms with Crippen molar-refractivity contribution >= 4 is 10.0 Å². The van der Waals surface area contributed by atoms with Crippen LogP contribution in [0, 0.1) is 11.2 Å². The molecule has 0 spiro atoms. The van der Waals surface area contributed by atoms with Crippen LogP contribution < -0.4 is 4.72 Å². The molecule has 2 rings (SSSR count). The zero-order chi connectivity index (χ0) is 14.6. The Balaban J connectivity index is 1.92. The fraction of sp³-hybridized carbons (Fsp3) is 0.571. The molecule has 1 aromatic rings. The fourth-order valence-electron chi connectivity index (χ4n) is 2.47. The lowest BCUT2D eigenvalue weighted by Crippen LogP contribution is -2.45. The standard InChI is InChI=1S/C14H20FNO3S/c1-19-11-14(7-2-8-14)10-16-20(17,18)9-12-3-5-13(15)6-4-12/h3-6,16H,2,7-11H2,1H3. The van der Waals surface area contributed by atoms with Crippen LogP contribution in [0.4, 0.5) is 4.39 Å². The first-order valence-corrected chi connectivity index (χ1v) is 8.31. The van der Waals surface area contributed by atoms with Gasteiger partial charge in [-0.25, -0.2) is 17.5 Å². The summed E-state index contributed by atoms with van der Waals surface area (Å²) in [6, 6.07) is 5.51. The second kappa shape index (κ2) is 6.20. The van der Waals surface area contributed by atoms with E-state index in [9.17, 15) is 12.8 Å². The summed E-state index contributed by atoms with van der Waals surface area (Å²) in [6.07, 6.45) is 3.09. The number of rotatable bonds is 7. The first-order chi connectivity index (χ1) is 9.45. The predicted molar refractivity (Wildman–Crippen MR) is 75.2 cm³/mol. The van der Waals surface area contributed by atoms with Crippen molar-refractivity contribution in [2.45, 2.75) is 25.0 Å². The van der Waals surface area contributed by atoms with E-state index in [1.165, 1.54) is 24.3 Å². The molecule has 0 radical (unpaired) electrons. The second-order valence-electron chi connectivity index (χ2n) is 5.49. The molecule has 1 aliphatic carbocycles. The Kier molecular flexibility index (Phi) is 4.78. The monoisotopic (exact) mass is 301 g/mol. The van der Waals surface area contributed by atoms with Crippen molar-refractivity contribution in [1.82, 2.24) is 4.72 Å².